The lowest BCUT2D eigenvalue weighted by Crippen LogP contribution is -2.63. The van der Waals surface area contributed by atoms with Crippen LogP contribution in [-0.4, -0.2) is 74.8 Å². The number of esters is 4. The first kappa shape index (κ1) is 25.1. The van der Waals surface area contributed by atoms with Crippen molar-refractivity contribution in [3.63, 3.8) is 0 Å². The number of nitrogens with one attached hydrogen (secondary N) is 1. The van der Waals surface area contributed by atoms with Gasteiger partial charge in [-0.2, -0.15) is 0 Å². The van der Waals surface area contributed by atoms with Crippen LogP contribution in [0.25, 0.3) is 0 Å². The van der Waals surface area contributed by atoms with Crippen LogP contribution in [0.1, 0.15) is 27.7 Å². The van der Waals surface area contributed by atoms with Gasteiger partial charge in [0.2, 0.25) is 22.4 Å². The zero-order chi connectivity index (χ0) is 23.2. The highest BCUT2D eigenvalue weighted by molar-refractivity contribution is 7.90. The number of carbonyl (C=O) groups excluding carboxylic acids is 5. The normalized spacial score (nSPS) is 26.1. The van der Waals surface area contributed by atoms with Crippen molar-refractivity contribution in [3.05, 3.63) is 0 Å². The summed E-state index contributed by atoms with van der Waals surface area (Å²) >= 11 is 0. The molecule has 1 saturated heterocycles. The third kappa shape index (κ3) is 7.82. The SMILES string of the molecule is CC(=O)OC1O[C@H](CS(=O)(=O)NC(N)=O)[C@@H](OC(C)=O)[C@H](OC(C)=O)[C@@H]1OC(C)=O. The molecule has 15 heteroatoms. The van der Waals surface area contributed by atoms with E-state index in [0.29, 0.717) is 0 Å². The van der Waals surface area contributed by atoms with Gasteiger partial charge in [0.15, 0.2) is 12.2 Å². The fraction of sp³-hybridized carbons (Fsp3) is 0.667. The lowest BCUT2D eigenvalue weighted by molar-refractivity contribution is -0.292. The second-order valence-corrected chi connectivity index (χ2v) is 7.89. The number of hydrogen-bond acceptors (Lipinski definition) is 12. The number of ether oxygens (including phenoxy) is 5. The van der Waals surface area contributed by atoms with Gasteiger partial charge in [-0.15, -0.1) is 0 Å². The Hall–Kier alpha value is -2.94. The van der Waals surface area contributed by atoms with Crippen LogP contribution in [0.15, 0.2) is 0 Å². The number of carbonyl (C=O) groups is 5. The summed E-state index contributed by atoms with van der Waals surface area (Å²) in [5.41, 5.74) is 4.81. The summed E-state index contributed by atoms with van der Waals surface area (Å²) in [7, 11) is -4.42. The van der Waals surface area contributed by atoms with Crippen molar-refractivity contribution in [2.45, 2.75) is 58.4 Å². The molecule has 1 aliphatic rings. The summed E-state index contributed by atoms with van der Waals surface area (Å²) in [6.07, 6.45) is -8.17. The van der Waals surface area contributed by atoms with Crippen molar-refractivity contribution in [3.8, 4) is 0 Å². The Kier molecular flexibility index (Phi) is 8.53. The molecular weight excluding hydrogens is 432 g/mol. The molecule has 0 aliphatic carbocycles. The maximum atomic E-state index is 12.1. The maximum absolute atomic E-state index is 12.1. The predicted molar refractivity (Wildman–Crippen MR) is 93.6 cm³/mol. The number of amides is 2. The van der Waals surface area contributed by atoms with Crippen molar-refractivity contribution in [1.29, 1.82) is 0 Å². The quantitative estimate of drug-likeness (QED) is 0.319. The van der Waals surface area contributed by atoms with Crippen molar-refractivity contribution < 1.29 is 56.1 Å². The first-order chi connectivity index (χ1) is 13.7. The van der Waals surface area contributed by atoms with E-state index in [4.69, 9.17) is 29.4 Å². The zero-order valence-electron chi connectivity index (χ0n) is 16.5. The third-order valence-corrected chi connectivity index (χ3v) is 4.70. The standard InChI is InChI=1S/C15H22N2O12S/c1-6(18)25-11-10(5-30(23,24)17-15(16)22)29-14(28-9(4)21)13(27-8(3)20)12(11)26-7(2)19/h10-14H,5H2,1-4H3,(H3,16,17,22)/t10-,11-,12+,13+,14?/m1/s1. The van der Waals surface area contributed by atoms with Gasteiger partial charge < -0.3 is 29.4 Å². The minimum Gasteiger partial charge on any atom is -0.456 e. The van der Waals surface area contributed by atoms with E-state index >= 15 is 0 Å². The van der Waals surface area contributed by atoms with Gasteiger partial charge in [0, 0.05) is 27.7 Å². The number of primary amides is 1. The summed E-state index contributed by atoms with van der Waals surface area (Å²) in [5.74, 6) is -4.63. The van der Waals surface area contributed by atoms with Crippen LogP contribution in [0.3, 0.4) is 0 Å². The monoisotopic (exact) mass is 454 g/mol. The van der Waals surface area contributed by atoms with E-state index < -0.39 is 76.4 Å². The zero-order valence-corrected chi connectivity index (χ0v) is 17.3. The summed E-state index contributed by atoms with van der Waals surface area (Å²) < 4.78 is 51.2. The average Bonchev–Trinajstić information content (AvgIpc) is 2.50. The molecule has 0 spiro atoms. The molecule has 0 saturated carbocycles. The minimum absolute atomic E-state index is 0.888. The number of rotatable bonds is 7. The molecule has 2 amide bonds. The molecule has 1 aliphatic heterocycles. The van der Waals surface area contributed by atoms with E-state index in [1.165, 1.54) is 4.72 Å². The Morgan fingerprint density at radius 2 is 1.23 bits per heavy atom. The Morgan fingerprint density at radius 1 is 0.800 bits per heavy atom. The van der Waals surface area contributed by atoms with E-state index in [1.54, 1.807) is 0 Å². The van der Waals surface area contributed by atoms with Crippen LogP contribution in [0.2, 0.25) is 0 Å². The molecule has 0 aromatic rings. The van der Waals surface area contributed by atoms with E-state index in [1.807, 2.05) is 0 Å². The summed E-state index contributed by atoms with van der Waals surface area (Å²) in [6.45, 7) is 3.97. The van der Waals surface area contributed by atoms with Crippen LogP contribution in [-0.2, 0) is 52.9 Å². The highest BCUT2D eigenvalue weighted by Crippen LogP contribution is 2.30. The molecule has 0 aromatic carbocycles. The van der Waals surface area contributed by atoms with Crippen LogP contribution >= 0.6 is 0 Å². The van der Waals surface area contributed by atoms with Gasteiger partial charge in [-0.25, -0.2) is 17.9 Å². The predicted octanol–water partition coefficient (Wildman–Crippen LogP) is -1.93. The van der Waals surface area contributed by atoms with Crippen molar-refractivity contribution in [2.75, 3.05) is 5.75 Å². The molecule has 3 N–H and O–H groups in total. The molecule has 1 unspecified atom stereocenters. The molecule has 1 heterocycles. The second-order valence-electron chi connectivity index (χ2n) is 6.12. The fourth-order valence-electron chi connectivity index (χ4n) is 2.66. The molecule has 0 aromatic heterocycles. The third-order valence-electron chi connectivity index (χ3n) is 3.42. The number of urea groups is 1. The Labute approximate surface area is 171 Å². The van der Waals surface area contributed by atoms with Gasteiger partial charge in [0.25, 0.3) is 0 Å². The highest BCUT2D eigenvalue weighted by Gasteiger charge is 2.54. The second kappa shape index (κ2) is 10.2. The summed E-state index contributed by atoms with van der Waals surface area (Å²) in [5, 5.41) is 0. The number of nitrogens with two attached hydrogens (primary N) is 1. The van der Waals surface area contributed by atoms with Crippen molar-refractivity contribution in [2.24, 2.45) is 5.73 Å². The van der Waals surface area contributed by atoms with Crippen LogP contribution < -0.4 is 10.5 Å². The first-order valence-corrected chi connectivity index (χ1v) is 10.0. The van der Waals surface area contributed by atoms with Gasteiger partial charge >= 0.3 is 29.9 Å². The van der Waals surface area contributed by atoms with Gasteiger partial charge in [-0.1, -0.05) is 0 Å². The molecule has 170 valence electrons. The van der Waals surface area contributed by atoms with Crippen molar-refractivity contribution in [1.82, 2.24) is 4.72 Å². The van der Waals surface area contributed by atoms with Gasteiger partial charge in [0.1, 0.15) is 6.10 Å². The molecule has 0 bridgehead atoms. The van der Waals surface area contributed by atoms with Crippen LogP contribution in [0, 0.1) is 0 Å². The van der Waals surface area contributed by atoms with Gasteiger partial charge in [0.05, 0.1) is 5.75 Å². The minimum atomic E-state index is -4.42. The van der Waals surface area contributed by atoms with Crippen LogP contribution in [0.4, 0.5) is 4.79 Å². The average molecular weight is 454 g/mol. The topological polar surface area (TPSA) is 204 Å². The Balaban J connectivity index is 3.43. The highest BCUT2D eigenvalue weighted by atomic mass is 32.2. The first-order valence-electron chi connectivity index (χ1n) is 8.36. The fourth-order valence-corrected chi connectivity index (χ4v) is 3.75. The Morgan fingerprint density at radius 3 is 1.67 bits per heavy atom. The summed E-state index contributed by atoms with van der Waals surface area (Å²) in [4.78, 5) is 57.0. The number of sulfonamides is 1. The van der Waals surface area contributed by atoms with E-state index in [0.717, 1.165) is 27.7 Å². The molecule has 30 heavy (non-hydrogen) atoms. The molecular formula is C15H22N2O12S. The molecule has 0 radical (unpaired) electrons. The molecule has 5 atom stereocenters. The summed E-state index contributed by atoms with van der Waals surface area (Å²) in [6, 6.07) is -1.39. The van der Waals surface area contributed by atoms with Crippen LogP contribution in [0.5, 0.6) is 0 Å². The van der Waals surface area contributed by atoms with Gasteiger partial charge in [-0.05, 0) is 0 Å². The molecule has 14 nitrogen and oxygen atoms in total. The maximum Gasteiger partial charge on any atom is 0.325 e. The van der Waals surface area contributed by atoms with E-state index in [2.05, 4.69) is 0 Å². The Bertz CT molecular complexity index is 810. The largest absolute Gasteiger partial charge is 0.456 e. The number of hydrogen-bond donors (Lipinski definition) is 2. The molecule has 1 fully saturated rings. The molecule has 1 rings (SSSR count). The lowest BCUT2D eigenvalue weighted by Gasteiger charge is -2.43. The van der Waals surface area contributed by atoms with E-state index in [9.17, 15) is 32.4 Å². The lowest BCUT2D eigenvalue weighted by atomic mass is 9.98. The van der Waals surface area contributed by atoms with E-state index in [-0.39, 0.29) is 0 Å². The smallest absolute Gasteiger partial charge is 0.325 e. The van der Waals surface area contributed by atoms with Gasteiger partial charge in [-0.3, -0.25) is 19.2 Å². The van der Waals surface area contributed by atoms with Crippen molar-refractivity contribution >= 4 is 39.9 Å².